The molecule has 1 aliphatic carbocycles. The Morgan fingerprint density at radius 3 is 2.68 bits per heavy atom. The number of hydrogen-bond donors (Lipinski definition) is 2. The third kappa shape index (κ3) is 3.99. The Morgan fingerprint density at radius 1 is 1.18 bits per heavy atom. The van der Waals surface area contributed by atoms with E-state index in [1.54, 1.807) is 23.7 Å². The van der Waals surface area contributed by atoms with Gasteiger partial charge in [0.25, 0.3) is 5.91 Å². The van der Waals surface area contributed by atoms with Gasteiger partial charge in [0, 0.05) is 23.3 Å². The molecule has 0 radical (unpaired) electrons. The van der Waals surface area contributed by atoms with Gasteiger partial charge in [-0.2, -0.15) is 5.10 Å². The maximum absolute atomic E-state index is 15.1. The van der Waals surface area contributed by atoms with Gasteiger partial charge in [0.15, 0.2) is 5.15 Å². The fourth-order valence-electron chi connectivity index (χ4n) is 3.87. The van der Waals surface area contributed by atoms with Crippen LogP contribution in [0.15, 0.2) is 61.1 Å². The van der Waals surface area contributed by atoms with Gasteiger partial charge in [0.05, 0.1) is 23.4 Å². The number of carbonyl (C=O) groups is 2. The highest BCUT2D eigenvalue weighted by molar-refractivity contribution is 6.34. The van der Waals surface area contributed by atoms with Gasteiger partial charge in [-0.25, -0.2) is 14.1 Å². The molecule has 0 aliphatic heterocycles. The van der Waals surface area contributed by atoms with E-state index in [9.17, 15) is 9.59 Å². The molecular weight excluding hydrogens is 459 g/mol. The molecule has 4 aromatic rings. The number of rotatable bonds is 6. The molecule has 2 N–H and O–H groups in total. The fraction of sp³-hybridized carbons (Fsp3) is 0.208. The standard InChI is InChI=1S/C24H20ClFN6O2/c1-14(29-23(34)24(8-9-24)30-22(33)19-13-27-10-11-28-19)16-7-6-15(12-18(16)26)32-20-5-3-2-4-17(20)21(25)31-32/h2-7,10-14H,8-9H2,1H3,(H,29,34)(H,30,33)/t14-/m1/s1. The predicted molar refractivity (Wildman–Crippen MR) is 124 cm³/mol. The number of aromatic nitrogens is 4. The summed E-state index contributed by atoms with van der Waals surface area (Å²) in [4.78, 5) is 33.1. The van der Waals surface area contributed by atoms with Gasteiger partial charge >= 0.3 is 0 Å². The van der Waals surface area contributed by atoms with Gasteiger partial charge in [-0.15, -0.1) is 0 Å². The molecule has 1 aliphatic rings. The SMILES string of the molecule is C[C@@H](NC(=O)C1(NC(=O)c2cnccn2)CC1)c1ccc(-n2nc(Cl)c3ccccc32)cc1F. The summed E-state index contributed by atoms with van der Waals surface area (Å²) in [7, 11) is 0. The summed E-state index contributed by atoms with van der Waals surface area (Å²) >= 11 is 6.22. The Kier molecular flexibility index (Phi) is 5.49. The molecule has 2 aromatic heterocycles. The van der Waals surface area contributed by atoms with Gasteiger partial charge in [-0.3, -0.25) is 14.6 Å². The van der Waals surface area contributed by atoms with Crippen molar-refractivity contribution < 1.29 is 14.0 Å². The normalized spacial score (nSPS) is 15.0. The summed E-state index contributed by atoms with van der Waals surface area (Å²) < 4.78 is 16.7. The largest absolute Gasteiger partial charge is 0.347 e. The molecule has 34 heavy (non-hydrogen) atoms. The first-order valence-electron chi connectivity index (χ1n) is 10.7. The molecular formula is C24H20ClFN6O2. The zero-order chi connectivity index (χ0) is 23.9. The third-order valence-corrected chi connectivity index (χ3v) is 6.20. The van der Waals surface area contributed by atoms with Gasteiger partial charge in [-0.1, -0.05) is 29.8 Å². The highest BCUT2D eigenvalue weighted by atomic mass is 35.5. The van der Waals surface area contributed by atoms with E-state index >= 15 is 4.39 Å². The average molecular weight is 479 g/mol. The van der Waals surface area contributed by atoms with E-state index in [-0.39, 0.29) is 11.6 Å². The molecule has 0 unspecified atom stereocenters. The second-order valence-corrected chi connectivity index (χ2v) is 8.61. The van der Waals surface area contributed by atoms with Crippen LogP contribution < -0.4 is 10.6 Å². The van der Waals surface area contributed by atoms with Crippen molar-refractivity contribution in [3.63, 3.8) is 0 Å². The molecule has 2 heterocycles. The smallest absolute Gasteiger partial charge is 0.272 e. The number of nitrogens with zero attached hydrogens (tertiary/aromatic N) is 4. The first-order chi connectivity index (χ1) is 16.4. The zero-order valence-electron chi connectivity index (χ0n) is 18.1. The Labute approximate surface area is 199 Å². The number of para-hydroxylation sites is 1. The lowest BCUT2D eigenvalue weighted by Gasteiger charge is -2.21. The van der Waals surface area contributed by atoms with Gasteiger partial charge in [-0.05, 0) is 44.0 Å². The molecule has 1 atom stereocenters. The molecule has 8 nitrogen and oxygen atoms in total. The van der Waals surface area contributed by atoms with E-state index in [1.807, 2.05) is 24.3 Å². The lowest BCUT2D eigenvalue weighted by atomic mass is 10.1. The van der Waals surface area contributed by atoms with Crippen molar-refractivity contribution in [1.29, 1.82) is 0 Å². The number of fused-ring (bicyclic) bond motifs is 1. The number of amides is 2. The highest BCUT2D eigenvalue weighted by Crippen LogP contribution is 2.36. The monoisotopic (exact) mass is 478 g/mol. The first-order valence-corrected chi connectivity index (χ1v) is 11.1. The van der Waals surface area contributed by atoms with Crippen molar-refractivity contribution in [2.75, 3.05) is 0 Å². The zero-order valence-corrected chi connectivity index (χ0v) is 18.9. The van der Waals surface area contributed by atoms with Crippen LogP contribution in [-0.2, 0) is 4.79 Å². The molecule has 5 rings (SSSR count). The summed E-state index contributed by atoms with van der Waals surface area (Å²) in [6.07, 6.45) is 5.18. The third-order valence-electron chi connectivity index (χ3n) is 5.92. The van der Waals surface area contributed by atoms with E-state index in [1.165, 1.54) is 24.7 Å². The fourth-order valence-corrected chi connectivity index (χ4v) is 4.10. The van der Waals surface area contributed by atoms with Gasteiger partial charge < -0.3 is 10.6 Å². The van der Waals surface area contributed by atoms with Crippen LogP contribution >= 0.6 is 11.6 Å². The maximum Gasteiger partial charge on any atom is 0.272 e. The Hall–Kier alpha value is -3.85. The number of carbonyl (C=O) groups excluding carboxylic acids is 2. The van der Waals surface area contributed by atoms with Crippen molar-refractivity contribution in [2.45, 2.75) is 31.3 Å². The summed E-state index contributed by atoms with van der Waals surface area (Å²) in [6, 6.07) is 11.5. The van der Waals surface area contributed by atoms with Crippen molar-refractivity contribution >= 4 is 34.3 Å². The topological polar surface area (TPSA) is 102 Å². The van der Waals surface area contributed by atoms with Crippen molar-refractivity contribution in [2.24, 2.45) is 0 Å². The maximum atomic E-state index is 15.1. The van der Waals surface area contributed by atoms with E-state index in [0.717, 1.165) is 10.9 Å². The number of benzene rings is 2. The van der Waals surface area contributed by atoms with Crippen LogP contribution in [0.4, 0.5) is 4.39 Å². The average Bonchev–Trinajstić information content (AvgIpc) is 3.55. The molecule has 1 fully saturated rings. The van der Waals surface area contributed by atoms with Crippen molar-refractivity contribution in [3.05, 3.63) is 83.3 Å². The molecule has 2 amide bonds. The molecule has 0 spiro atoms. The number of hydrogen-bond acceptors (Lipinski definition) is 5. The Morgan fingerprint density at radius 2 is 1.97 bits per heavy atom. The molecule has 0 saturated heterocycles. The van der Waals surface area contributed by atoms with E-state index in [4.69, 9.17) is 11.6 Å². The summed E-state index contributed by atoms with van der Waals surface area (Å²) in [5.41, 5.74) is 0.691. The van der Waals surface area contributed by atoms with E-state index in [0.29, 0.717) is 29.2 Å². The van der Waals surface area contributed by atoms with Crippen LogP contribution in [0.2, 0.25) is 5.15 Å². The van der Waals surface area contributed by atoms with Crippen molar-refractivity contribution in [1.82, 2.24) is 30.4 Å². The van der Waals surface area contributed by atoms with Gasteiger partial charge in [0.1, 0.15) is 17.1 Å². The van der Waals surface area contributed by atoms with Gasteiger partial charge in [0.2, 0.25) is 5.91 Å². The summed E-state index contributed by atoms with van der Waals surface area (Å²) in [5, 5.41) is 11.0. The molecule has 1 saturated carbocycles. The van der Waals surface area contributed by atoms with Crippen LogP contribution in [0, 0.1) is 5.82 Å². The van der Waals surface area contributed by atoms with E-state index in [2.05, 4.69) is 25.7 Å². The Bertz CT molecular complexity index is 1400. The quantitative estimate of drug-likeness (QED) is 0.439. The first kappa shape index (κ1) is 22.0. The summed E-state index contributed by atoms with van der Waals surface area (Å²) in [5.74, 6) is -1.34. The van der Waals surface area contributed by atoms with Crippen LogP contribution in [0.25, 0.3) is 16.6 Å². The lowest BCUT2D eigenvalue weighted by Crippen LogP contribution is -2.49. The number of nitrogens with one attached hydrogen (secondary N) is 2. The molecule has 10 heteroatoms. The molecule has 2 aromatic carbocycles. The van der Waals surface area contributed by atoms with Crippen LogP contribution in [0.1, 0.15) is 41.9 Å². The second-order valence-electron chi connectivity index (χ2n) is 8.25. The summed E-state index contributed by atoms with van der Waals surface area (Å²) in [6.45, 7) is 1.69. The van der Waals surface area contributed by atoms with E-state index < -0.39 is 23.3 Å². The highest BCUT2D eigenvalue weighted by Gasteiger charge is 2.51. The van der Waals surface area contributed by atoms with Crippen LogP contribution in [0.5, 0.6) is 0 Å². The Balaban J connectivity index is 1.32. The minimum atomic E-state index is -1.02. The minimum Gasteiger partial charge on any atom is -0.347 e. The van der Waals surface area contributed by atoms with Crippen LogP contribution in [0.3, 0.4) is 0 Å². The van der Waals surface area contributed by atoms with Crippen LogP contribution in [-0.4, -0.2) is 37.1 Å². The van der Waals surface area contributed by atoms with Crippen molar-refractivity contribution in [3.8, 4) is 5.69 Å². The lowest BCUT2D eigenvalue weighted by molar-refractivity contribution is -0.124. The predicted octanol–water partition coefficient (Wildman–Crippen LogP) is 3.75. The molecule has 172 valence electrons. The number of halogens is 2. The molecule has 0 bridgehead atoms. The minimum absolute atomic E-state index is 0.127. The second kappa shape index (κ2) is 8.49.